The van der Waals surface area contributed by atoms with Crippen LogP contribution in [0.4, 0.5) is 10.1 Å². The van der Waals surface area contributed by atoms with Gasteiger partial charge in [0.2, 0.25) is 0 Å². The third-order valence-corrected chi connectivity index (χ3v) is 5.43. The molecule has 1 aliphatic rings. The summed E-state index contributed by atoms with van der Waals surface area (Å²) in [5, 5.41) is 12.5. The number of amidine groups is 1. The number of likely N-dealkylation sites (N-methyl/N-ethyl adjacent to an activating group) is 1. The molecule has 4 aromatic rings. The van der Waals surface area contributed by atoms with Gasteiger partial charge < -0.3 is 4.57 Å². The number of nitrogens with one attached hydrogen (secondary N) is 1. The molecule has 7 nitrogen and oxygen atoms in total. The molecule has 0 atom stereocenters. The Labute approximate surface area is 179 Å². The number of aryl methyl sites for hydroxylation is 1. The number of rotatable bonds is 4. The van der Waals surface area contributed by atoms with Crippen LogP contribution in [0.15, 0.2) is 66.2 Å². The topological polar surface area (TPSA) is 65.3 Å². The summed E-state index contributed by atoms with van der Waals surface area (Å²) >= 11 is 0. The van der Waals surface area contributed by atoms with E-state index in [2.05, 4.69) is 37.3 Å². The molecule has 0 saturated carbocycles. The number of aromatic amines is 1. The third kappa shape index (κ3) is 3.56. The van der Waals surface area contributed by atoms with Gasteiger partial charge in [-0.3, -0.25) is 20.1 Å². The van der Waals surface area contributed by atoms with Crippen molar-refractivity contribution in [2.45, 2.75) is 6.92 Å². The van der Waals surface area contributed by atoms with Gasteiger partial charge in [-0.05, 0) is 48.9 Å². The maximum Gasteiger partial charge on any atom is 0.142 e. The monoisotopic (exact) mass is 415 g/mol. The lowest BCUT2D eigenvalue weighted by Gasteiger charge is -2.37. The summed E-state index contributed by atoms with van der Waals surface area (Å²) in [6.45, 7) is 3.38. The van der Waals surface area contributed by atoms with Crippen LogP contribution >= 0.6 is 0 Å². The number of H-pyrrole nitrogens is 1. The maximum absolute atomic E-state index is 13.3. The van der Waals surface area contributed by atoms with Crippen molar-refractivity contribution in [3.05, 3.63) is 78.3 Å². The van der Waals surface area contributed by atoms with Crippen molar-refractivity contribution in [2.24, 2.45) is 4.99 Å². The minimum Gasteiger partial charge on any atom is -0.304 e. The second-order valence-corrected chi connectivity index (χ2v) is 7.45. The molecule has 156 valence electrons. The molecular weight excluding hydrogens is 393 g/mol. The predicted octanol–water partition coefficient (Wildman–Crippen LogP) is 3.97. The van der Waals surface area contributed by atoms with E-state index in [9.17, 15) is 4.39 Å². The third-order valence-electron chi connectivity index (χ3n) is 5.43. The van der Waals surface area contributed by atoms with Crippen molar-refractivity contribution < 1.29 is 4.39 Å². The van der Waals surface area contributed by atoms with Crippen LogP contribution in [0.25, 0.3) is 22.7 Å². The zero-order valence-corrected chi connectivity index (χ0v) is 17.3. The average Bonchev–Trinajstić information content (AvgIpc) is 3.43. The number of benzene rings is 2. The van der Waals surface area contributed by atoms with Gasteiger partial charge in [0, 0.05) is 18.6 Å². The first-order chi connectivity index (χ1) is 15.1. The van der Waals surface area contributed by atoms with E-state index in [1.165, 1.54) is 12.1 Å². The highest BCUT2D eigenvalue weighted by molar-refractivity contribution is 6.01. The van der Waals surface area contributed by atoms with E-state index >= 15 is 0 Å². The van der Waals surface area contributed by atoms with E-state index in [4.69, 9.17) is 0 Å². The van der Waals surface area contributed by atoms with Crippen LogP contribution < -0.4 is 5.01 Å². The van der Waals surface area contributed by atoms with Crippen molar-refractivity contribution in [1.82, 2.24) is 24.8 Å². The number of anilines is 1. The number of hydrogen-bond acceptors (Lipinski definition) is 5. The number of halogens is 1. The molecule has 0 bridgehead atoms. The van der Waals surface area contributed by atoms with Crippen LogP contribution in [0.5, 0.6) is 0 Å². The molecule has 1 aliphatic heterocycles. The summed E-state index contributed by atoms with van der Waals surface area (Å²) in [5.74, 6) is 0.595. The van der Waals surface area contributed by atoms with Gasteiger partial charge in [-0.1, -0.05) is 12.1 Å². The minimum atomic E-state index is -0.240. The second-order valence-electron chi connectivity index (χ2n) is 7.45. The normalized spacial score (nSPS) is 14.6. The van der Waals surface area contributed by atoms with Gasteiger partial charge in [0.25, 0.3) is 0 Å². The number of aromatic nitrogens is 4. The SMILES string of the molecule is Cc1cn(-c2ccc(/C=C/C3=NCCN(c4ccc(F)cc4)N3C)c3cn[nH]c23)cn1. The van der Waals surface area contributed by atoms with Crippen molar-refractivity contribution in [3.8, 4) is 5.69 Å². The van der Waals surface area contributed by atoms with E-state index in [1.54, 1.807) is 18.5 Å². The lowest BCUT2D eigenvalue weighted by molar-refractivity contribution is 0.440. The highest BCUT2D eigenvalue weighted by atomic mass is 19.1. The highest BCUT2D eigenvalue weighted by Crippen LogP contribution is 2.25. The second kappa shape index (κ2) is 7.71. The Bertz CT molecular complexity index is 1280. The molecule has 0 unspecified atom stereocenters. The van der Waals surface area contributed by atoms with Crippen molar-refractivity contribution in [1.29, 1.82) is 0 Å². The summed E-state index contributed by atoms with van der Waals surface area (Å²) in [6, 6.07) is 10.6. The van der Waals surface area contributed by atoms with E-state index < -0.39 is 0 Å². The number of imidazole rings is 1. The lowest BCUT2D eigenvalue weighted by atomic mass is 10.1. The number of fused-ring (bicyclic) bond motifs is 1. The largest absolute Gasteiger partial charge is 0.304 e. The molecule has 0 aliphatic carbocycles. The Kier molecular flexibility index (Phi) is 4.74. The quantitative estimate of drug-likeness (QED) is 0.548. The Hall–Kier alpha value is -3.94. The van der Waals surface area contributed by atoms with Crippen molar-refractivity contribution in [3.63, 3.8) is 0 Å². The van der Waals surface area contributed by atoms with E-state index in [1.807, 2.05) is 48.1 Å². The van der Waals surface area contributed by atoms with Gasteiger partial charge in [-0.25, -0.2) is 9.37 Å². The van der Waals surface area contributed by atoms with Gasteiger partial charge in [-0.15, -0.1) is 0 Å². The molecule has 0 amide bonds. The van der Waals surface area contributed by atoms with Crippen LogP contribution in [0, 0.1) is 12.7 Å². The number of aliphatic imine (C=N–C) groups is 1. The first-order valence-corrected chi connectivity index (χ1v) is 10.1. The number of hydrazine groups is 1. The fourth-order valence-electron chi connectivity index (χ4n) is 3.83. The van der Waals surface area contributed by atoms with Crippen molar-refractivity contribution >= 4 is 28.5 Å². The number of hydrogen-bond donors (Lipinski definition) is 1. The molecule has 8 heteroatoms. The summed E-state index contributed by atoms with van der Waals surface area (Å²) in [5.41, 5.74) is 4.88. The van der Waals surface area contributed by atoms with Crippen LogP contribution in [0.3, 0.4) is 0 Å². The molecule has 31 heavy (non-hydrogen) atoms. The molecule has 5 rings (SSSR count). The van der Waals surface area contributed by atoms with E-state index in [0.717, 1.165) is 45.9 Å². The lowest BCUT2D eigenvalue weighted by Crippen LogP contribution is -2.48. The Morgan fingerprint density at radius 1 is 1.10 bits per heavy atom. The molecule has 0 fully saturated rings. The first kappa shape index (κ1) is 19.0. The van der Waals surface area contributed by atoms with Gasteiger partial charge >= 0.3 is 0 Å². The predicted molar refractivity (Wildman–Crippen MR) is 121 cm³/mol. The summed E-state index contributed by atoms with van der Waals surface area (Å²) in [6.07, 6.45) is 9.67. The van der Waals surface area contributed by atoms with Crippen LogP contribution in [0.2, 0.25) is 0 Å². The van der Waals surface area contributed by atoms with E-state index in [-0.39, 0.29) is 5.82 Å². The Morgan fingerprint density at radius 2 is 1.94 bits per heavy atom. The summed E-state index contributed by atoms with van der Waals surface area (Å²) < 4.78 is 15.3. The van der Waals surface area contributed by atoms with E-state index in [0.29, 0.717) is 6.54 Å². The zero-order valence-electron chi connectivity index (χ0n) is 17.3. The fraction of sp³-hybridized carbons (Fsp3) is 0.174. The molecule has 0 radical (unpaired) electrons. The minimum absolute atomic E-state index is 0.240. The molecule has 2 aromatic heterocycles. The molecular formula is C23H22FN7. The standard InChI is InChI=1S/C23H22FN7/c1-16-14-30(15-26-16)21-9-3-17(20-13-27-28-23(20)21)4-10-22-25-11-12-31(29(22)2)19-7-5-18(24)6-8-19/h3-10,13-15H,11-12H2,1-2H3,(H,27,28)/b10-4+. The Balaban J connectivity index is 1.43. The van der Waals surface area contributed by atoms with Gasteiger partial charge in [-0.2, -0.15) is 5.10 Å². The van der Waals surface area contributed by atoms with Gasteiger partial charge in [0.05, 0.1) is 48.2 Å². The molecule has 0 spiro atoms. The van der Waals surface area contributed by atoms with Crippen LogP contribution in [-0.2, 0) is 0 Å². The maximum atomic E-state index is 13.3. The van der Waals surface area contributed by atoms with Crippen LogP contribution in [-0.4, -0.2) is 50.7 Å². The zero-order chi connectivity index (χ0) is 21.4. The summed E-state index contributed by atoms with van der Waals surface area (Å²) in [7, 11) is 1.96. The Morgan fingerprint density at radius 3 is 2.71 bits per heavy atom. The van der Waals surface area contributed by atoms with Gasteiger partial charge in [0.15, 0.2) is 0 Å². The summed E-state index contributed by atoms with van der Waals surface area (Å²) in [4.78, 5) is 8.98. The highest BCUT2D eigenvalue weighted by Gasteiger charge is 2.19. The molecule has 2 aromatic carbocycles. The van der Waals surface area contributed by atoms with Crippen LogP contribution in [0.1, 0.15) is 11.3 Å². The fourth-order valence-corrected chi connectivity index (χ4v) is 3.83. The molecule has 3 heterocycles. The first-order valence-electron chi connectivity index (χ1n) is 10.1. The smallest absolute Gasteiger partial charge is 0.142 e. The number of nitrogens with zero attached hydrogens (tertiary/aromatic N) is 6. The average molecular weight is 415 g/mol. The molecule has 1 N–H and O–H groups in total. The van der Waals surface area contributed by atoms with Crippen molar-refractivity contribution in [2.75, 3.05) is 25.1 Å². The molecule has 0 saturated heterocycles. The van der Waals surface area contributed by atoms with Gasteiger partial charge in [0.1, 0.15) is 11.7 Å².